The molecule has 0 aliphatic carbocycles. The molecular formula is C18H20BrFN2O. The predicted octanol–water partition coefficient (Wildman–Crippen LogP) is 4.66. The molecule has 2 N–H and O–H groups in total. The van der Waals surface area contributed by atoms with Crippen molar-refractivity contribution >= 4 is 27.5 Å². The third kappa shape index (κ3) is 5.15. The van der Waals surface area contributed by atoms with E-state index in [-0.39, 0.29) is 23.8 Å². The normalized spacial score (nSPS) is 13.4. The Bertz CT molecular complexity index is 643. The van der Waals surface area contributed by atoms with Crippen LogP contribution in [0.5, 0.6) is 0 Å². The Hall–Kier alpha value is -1.72. The van der Waals surface area contributed by atoms with Gasteiger partial charge in [0, 0.05) is 16.2 Å². The number of hydrogen-bond donors (Lipinski definition) is 2. The van der Waals surface area contributed by atoms with Gasteiger partial charge in [-0.05, 0) is 55.3 Å². The summed E-state index contributed by atoms with van der Waals surface area (Å²) in [4.78, 5) is 12.3. The molecule has 0 spiro atoms. The second kappa shape index (κ2) is 8.22. The molecule has 0 radical (unpaired) electrons. The summed E-state index contributed by atoms with van der Waals surface area (Å²) in [6.45, 7) is 3.89. The van der Waals surface area contributed by atoms with Crippen LogP contribution in [0.2, 0.25) is 0 Å². The molecule has 2 atom stereocenters. The molecule has 0 saturated heterocycles. The number of hydrogen-bond acceptors (Lipinski definition) is 2. The average Bonchev–Trinajstić information content (AvgIpc) is 2.55. The molecule has 2 aromatic carbocycles. The van der Waals surface area contributed by atoms with Crippen molar-refractivity contribution in [3.05, 3.63) is 64.4 Å². The second-order valence-electron chi connectivity index (χ2n) is 5.40. The highest BCUT2D eigenvalue weighted by Gasteiger charge is 2.18. The van der Waals surface area contributed by atoms with E-state index < -0.39 is 0 Å². The fourth-order valence-electron chi connectivity index (χ4n) is 2.31. The van der Waals surface area contributed by atoms with Crippen molar-refractivity contribution < 1.29 is 9.18 Å². The van der Waals surface area contributed by atoms with Gasteiger partial charge in [-0.15, -0.1) is 0 Å². The molecule has 2 aromatic rings. The summed E-state index contributed by atoms with van der Waals surface area (Å²) in [5, 5.41) is 6.12. The zero-order valence-corrected chi connectivity index (χ0v) is 14.7. The van der Waals surface area contributed by atoms with Gasteiger partial charge in [0.25, 0.3) is 0 Å². The third-order valence-electron chi connectivity index (χ3n) is 3.64. The number of amides is 1. The van der Waals surface area contributed by atoms with Gasteiger partial charge in [0.15, 0.2) is 0 Å². The van der Waals surface area contributed by atoms with E-state index >= 15 is 0 Å². The van der Waals surface area contributed by atoms with Crippen LogP contribution in [0.3, 0.4) is 0 Å². The molecule has 1 amide bonds. The van der Waals surface area contributed by atoms with Gasteiger partial charge in [-0.1, -0.05) is 35.0 Å². The quantitative estimate of drug-likeness (QED) is 0.767. The Morgan fingerprint density at radius 2 is 1.74 bits per heavy atom. The van der Waals surface area contributed by atoms with E-state index in [1.807, 2.05) is 31.2 Å². The highest BCUT2D eigenvalue weighted by molar-refractivity contribution is 9.10. The van der Waals surface area contributed by atoms with Gasteiger partial charge < -0.3 is 5.32 Å². The highest BCUT2D eigenvalue weighted by Crippen LogP contribution is 2.20. The summed E-state index contributed by atoms with van der Waals surface area (Å²) in [5.74, 6) is -0.470. The lowest BCUT2D eigenvalue weighted by molar-refractivity contribution is -0.118. The Morgan fingerprint density at radius 3 is 2.30 bits per heavy atom. The summed E-state index contributed by atoms with van der Waals surface area (Å²) >= 11 is 3.42. The van der Waals surface area contributed by atoms with Crippen molar-refractivity contribution in [3.63, 3.8) is 0 Å². The molecule has 0 fully saturated rings. The van der Waals surface area contributed by atoms with Crippen LogP contribution >= 0.6 is 15.9 Å². The third-order valence-corrected chi connectivity index (χ3v) is 4.17. The summed E-state index contributed by atoms with van der Waals surface area (Å²) in [5.41, 5.74) is 1.72. The Morgan fingerprint density at radius 1 is 1.13 bits per heavy atom. The average molecular weight is 379 g/mol. The Balaban J connectivity index is 1.98. The van der Waals surface area contributed by atoms with Crippen LogP contribution in [-0.2, 0) is 4.79 Å². The van der Waals surface area contributed by atoms with Gasteiger partial charge in [0.1, 0.15) is 5.82 Å². The Labute approximate surface area is 144 Å². The van der Waals surface area contributed by atoms with E-state index in [1.54, 1.807) is 12.1 Å². The molecule has 0 aromatic heterocycles. The van der Waals surface area contributed by atoms with Gasteiger partial charge in [0.05, 0.1) is 6.04 Å². The summed E-state index contributed by atoms with van der Waals surface area (Å²) in [6.07, 6.45) is 0.871. The molecule has 2 rings (SSSR count). The first-order valence-electron chi connectivity index (χ1n) is 7.57. The molecule has 0 aliphatic rings. The maximum atomic E-state index is 12.9. The molecule has 5 heteroatoms. The van der Waals surface area contributed by atoms with Gasteiger partial charge in [-0.25, -0.2) is 4.39 Å². The van der Waals surface area contributed by atoms with E-state index in [9.17, 15) is 9.18 Å². The first kappa shape index (κ1) is 17.6. The maximum Gasteiger partial charge on any atom is 0.241 e. The summed E-state index contributed by atoms with van der Waals surface area (Å²) in [6, 6.07) is 13.5. The number of carbonyl (C=O) groups is 1. The minimum atomic E-state index is -0.367. The SMILES string of the molecule is CC[C@H](N[C@@H](C)C(=O)Nc1ccc(F)cc1)c1ccc(Br)cc1. The first-order chi connectivity index (χ1) is 11.0. The van der Waals surface area contributed by atoms with Crippen molar-refractivity contribution in [2.75, 3.05) is 5.32 Å². The number of anilines is 1. The van der Waals surface area contributed by atoms with Crippen LogP contribution in [-0.4, -0.2) is 11.9 Å². The van der Waals surface area contributed by atoms with E-state index in [0.29, 0.717) is 5.69 Å². The molecule has 0 aliphatic heterocycles. The van der Waals surface area contributed by atoms with Crippen LogP contribution in [0.4, 0.5) is 10.1 Å². The smallest absolute Gasteiger partial charge is 0.241 e. The Kier molecular flexibility index (Phi) is 6.30. The minimum Gasteiger partial charge on any atom is -0.325 e. The molecule has 0 bridgehead atoms. The van der Waals surface area contributed by atoms with E-state index in [1.165, 1.54) is 12.1 Å². The fourth-order valence-corrected chi connectivity index (χ4v) is 2.57. The lowest BCUT2D eigenvalue weighted by Crippen LogP contribution is -2.40. The molecule has 0 heterocycles. The zero-order valence-electron chi connectivity index (χ0n) is 13.1. The zero-order chi connectivity index (χ0) is 16.8. The topological polar surface area (TPSA) is 41.1 Å². The summed E-state index contributed by atoms with van der Waals surface area (Å²) < 4.78 is 13.9. The number of carbonyl (C=O) groups excluding carboxylic acids is 1. The van der Waals surface area contributed by atoms with Crippen molar-refractivity contribution in [1.29, 1.82) is 0 Å². The van der Waals surface area contributed by atoms with Crippen LogP contribution in [0.25, 0.3) is 0 Å². The number of benzene rings is 2. The first-order valence-corrected chi connectivity index (χ1v) is 8.37. The minimum absolute atomic E-state index is 0.0945. The molecular weight excluding hydrogens is 359 g/mol. The van der Waals surface area contributed by atoms with Crippen LogP contribution in [0, 0.1) is 5.82 Å². The van der Waals surface area contributed by atoms with Crippen LogP contribution in [0.15, 0.2) is 53.0 Å². The molecule has 23 heavy (non-hydrogen) atoms. The summed E-state index contributed by atoms with van der Waals surface area (Å²) in [7, 11) is 0. The maximum absolute atomic E-state index is 12.9. The molecule has 0 unspecified atom stereocenters. The van der Waals surface area contributed by atoms with Crippen LogP contribution in [0.1, 0.15) is 31.9 Å². The monoisotopic (exact) mass is 378 g/mol. The van der Waals surface area contributed by atoms with Gasteiger partial charge in [-0.2, -0.15) is 0 Å². The number of nitrogens with one attached hydrogen (secondary N) is 2. The predicted molar refractivity (Wildman–Crippen MR) is 94.8 cm³/mol. The standard InChI is InChI=1S/C18H20BrFN2O/c1-3-17(13-4-6-14(19)7-5-13)21-12(2)18(23)22-16-10-8-15(20)9-11-16/h4-12,17,21H,3H2,1-2H3,(H,22,23)/t12-,17-/m0/s1. The largest absolute Gasteiger partial charge is 0.325 e. The van der Waals surface area contributed by atoms with Gasteiger partial charge in [0.2, 0.25) is 5.91 Å². The molecule has 3 nitrogen and oxygen atoms in total. The highest BCUT2D eigenvalue weighted by atomic mass is 79.9. The van der Waals surface area contributed by atoms with Crippen molar-refractivity contribution in [1.82, 2.24) is 5.32 Å². The van der Waals surface area contributed by atoms with Crippen molar-refractivity contribution in [3.8, 4) is 0 Å². The second-order valence-corrected chi connectivity index (χ2v) is 6.31. The fraction of sp³-hybridized carbons (Fsp3) is 0.278. The van der Waals surface area contributed by atoms with Crippen molar-refractivity contribution in [2.24, 2.45) is 0 Å². The van der Waals surface area contributed by atoms with Gasteiger partial charge in [-0.3, -0.25) is 10.1 Å². The lowest BCUT2D eigenvalue weighted by atomic mass is 10.0. The number of halogens is 2. The van der Waals surface area contributed by atoms with E-state index in [4.69, 9.17) is 0 Å². The number of rotatable bonds is 6. The van der Waals surface area contributed by atoms with Gasteiger partial charge >= 0.3 is 0 Å². The van der Waals surface area contributed by atoms with E-state index in [2.05, 4.69) is 33.5 Å². The van der Waals surface area contributed by atoms with Crippen LogP contribution < -0.4 is 10.6 Å². The molecule has 0 saturated carbocycles. The van der Waals surface area contributed by atoms with Crippen molar-refractivity contribution in [2.45, 2.75) is 32.4 Å². The lowest BCUT2D eigenvalue weighted by Gasteiger charge is -2.22. The molecule has 122 valence electrons. The van der Waals surface area contributed by atoms with E-state index in [0.717, 1.165) is 16.5 Å².